The van der Waals surface area contributed by atoms with Crippen molar-refractivity contribution >= 4 is 131 Å². The number of hydrogen-bond donors (Lipinski definition) is 0. The highest BCUT2D eigenvalue weighted by atomic mass is 15.5. The third kappa shape index (κ3) is 8.66. The Morgan fingerprint density at radius 1 is 0.194 bits per heavy atom. The lowest BCUT2D eigenvalue weighted by Gasteiger charge is -2.28. The second kappa shape index (κ2) is 23.4. The third-order valence-corrected chi connectivity index (χ3v) is 22.4. The number of hydrogen-bond acceptors (Lipinski definition) is 2. The molecule has 0 spiro atoms. The number of benzene rings is 15. The minimum Gasteiger partial charge on any atom is -0.309 e. The van der Waals surface area contributed by atoms with Crippen LogP contribution < -0.4 is 4.68 Å². The van der Waals surface area contributed by atoms with E-state index in [1.807, 2.05) is 0 Å². The van der Waals surface area contributed by atoms with E-state index in [0.29, 0.717) is 5.82 Å². The van der Waals surface area contributed by atoms with Gasteiger partial charge >= 0.3 is 0 Å². The van der Waals surface area contributed by atoms with Crippen LogP contribution in [0, 0.1) is 0 Å². The van der Waals surface area contributed by atoms with Crippen molar-refractivity contribution in [2.45, 2.75) is 0 Å². The zero-order valence-corrected chi connectivity index (χ0v) is 58.3. The molecule has 0 unspecified atom stereocenters. The van der Waals surface area contributed by atoms with Gasteiger partial charge in [0.1, 0.15) is 33.4 Å². The van der Waals surface area contributed by atoms with Crippen molar-refractivity contribution in [3.05, 3.63) is 376 Å². The summed E-state index contributed by atoms with van der Waals surface area (Å²) in [7, 11) is 0. The van der Waals surface area contributed by atoms with Gasteiger partial charge in [-0.2, -0.15) is 4.68 Å². The van der Waals surface area contributed by atoms with Crippen molar-refractivity contribution in [1.29, 1.82) is 0 Å². The highest BCUT2D eigenvalue weighted by Gasteiger charge is 2.42. The van der Waals surface area contributed by atoms with E-state index in [0.717, 1.165) is 182 Å². The second-order valence-corrected chi connectivity index (χ2v) is 28.2. The molecule has 0 bridgehead atoms. The maximum absolute atomic E-state index is 6.16. The molecule has 8 aromatic heterocycles. The molecular weight excluding hydrogens is 1320 g/mol. The summed E-state index contributed by atoms with van der Waals surface area (Å²) in [6, 6.07) is 138. The normalized spacial score (nSPS) is 12.1. The minimum atomic E-state index is 0.598. The zero-order chi connectivity index (χ0) is 70.7. The van der Waals surface area contributed by atoms with Crippen molar-refractivity contribution in [3.8, 4) is 73.7 Å². The standard InChI is InChI=1S/C99H62N9/c1-4-30-63(31-5-1)80-62-81(101-97(100-80)64-32-6-2-7-33-64)94-95(103-83-47-21-10-36-68(83)69-37-11-22-48-84(69)103)98(105-87-51-25-14-40-72(87)73-41-15-26-52-88(73)105)108(99(106-89-53-27-16-42-74(89)75-43-17-28-54-90(75)106)96(94)104-85-49-23-12-38-70(85)71-39-13-24-50-86(71)104)107-92-55-29-19-45-77(92)79-61-66(57-59-93(79)107)65-56-58-91-78(60-65)76-44-18-20-46-82(76)102(91)67-34-8-3-9-35-67/h1-62H/q+1. The number of pyridine rings is 1. The molecule has 23 rings (SSSR count). The van der Waals surface area contributed by atoms with Crippen LogP contribution in [0.1, 0.15) is 0 Å². The second-order valence-electron chi connectivity index (χ2n) is 28.2. The smallest absolute Gasteiger partial charge is 0.282 e. The third-order valence-electron chi connectivity index (χ3n) is 22.4. The summed E-state index contributed by atoms with van der Waals surface area (Å²) in [5.74, 6) is 2.33. The van der Waals surface area contributed by atoms with Gasteiger partial charge in [0, 0.05) is 81.4 Å². The van der Waals surface area contributed by atoms with E-state index in [9.17, 15) is 0 Å². The van der Waals surface area contributed by atoms with Crippen LogP contribution in [-0.4, -0.2) is 37.5 Å². The van der Waals surface area contributed by atoms with Crippen molar-refractivity contribution in [2.24, 2.45) is 0 Å². The Morgan fingerprint density at radius 3 is 0.880 bits per heavy atom. The molecule has 0 radical (unpaired) electrons. The molecule has 502 valence electrons. The fourth-order valence-electron chi connectivity index (χ4n) is 17.9. The summed E-state index contributed by atoms with van der Waals surface area (Å²) in [6.45, 7) is 0. The van der Waals surface area contributed by atoms with Crippen LogP contribution in [0.4, 0.5) is 0 Å². The molecule has 0 N–H and O–H groups in total. The maximum atomic E-state index is 6.16. The van der Waals surface area contributed by atoms with Crippen LogP contribution in [0.15, 0.2) is 376 Å². The molecule has 0 aliphatic heterocycles. The van der Waals surface area contributed by atoms with E-state index >= 15 is 0 Å². The quantitative estimate of drug-likeness (QED) is 0.128. The molecule has 0 aliphatic carbocycles. The van der Waals surface area contributed by atoms with Crippen LogP contribution in [0.3, 0.4) is 0 Å². The summed E-state index contributed by atoms with van der Waals surface area (Å²) in [6.07, 6.45) is 0. The molecule has 0 atom stereocenters. The van der Waals surface area contributed by atoms with Crippen LogP contribution in [0.2, 0.25) is 0 Å². The number of fused-ring (bicyclic) bond motifs is 18. The summed E-state index contributed by atoms with van der Waals surface area (Å²) in [4.78, 5) is 11.8. The summed E-state index contributed by atoms with van der Waals surface area (Å²) >= 11 is 0. The monoisotopic (exact) mass is 1380 g/mol. The molecule has 0 saturated carbocycles. The van der Waals surface area contributed by atoms with Gasteiger partial charge in [0.05, 0.1) is 61.1 Å². The number of nitrogens with zero attached hydrogens (tertiary/aromatic N) is 9. The Labute approximate surface area is 619 Å². The lowest BCUT2D eigenvalue weighted by Crippen LogP contribution is -2.51. The van der Waals surface area contributed by atoms with Crippen molar-refractivity contribution < 1.29 is 4.68 Å². The van der Waals surface area contributed by atoms with Crippen molar-refractivity contribution in [2.75, 3.05) is 0 Å². The van der Waals surface area contributed by atoms with E-state index in [-0.39, 0.29) is 0 Å². The van der Waals surface area contributed by atoms with Gasteiger partial charge in [0.15, 0.2) is 5.82 Å². The molecule has 9 nitrogen and oxygen atoms in total. The SMILES string of the molecule is c1ccc(-c2cc(-c3c(-n4c5ccccc5c5ccccc54)c(-n4c5ccccc5c5ccccc54)[n+](-n4c5ccccc5c5cc(-c6ccc7c(c6)c6ccccc6n7-c6ccccc6)ccc54)c(-n4c5ccccc5c5ccccc54)c3-n3c4ccccc4c4ccccc43)nc(-c3ccccc3)n2)cc1. The van der Waals surface area contributed by atoms with Gasteiger partial charge in [-0.3, -0.25) is 0 Å². The van der Waals surface area contributed by atoms with Crippen LogP contribution in [0.25, 0.3) is 205 Å². The van der Waals surface area contributed by atoms with Gasteiger partial charge in [-0.25, -0.2) is 19.1 Å². The van der Waals surface area contributed by atoms with Crippen LogP contribution in [0.5, 0.6) is 0 Å². The van der Waals surface area contributed by atoms with E-state index in [1.54, 1.807) is 0 Å². The predicted octanol–water partition coefficient (Wildman–Crippen LogP) is 24.3. The zero-order valence-electron chi connectivity index (χ0n) is 58.3. The van der Waals surface area contributed by atoms with Crippen LogP contribution >= 0.6 is 0 Å². The Hall–Kier alpha value is -14.7. The fraction of sp³-hybridized carbons (Fsp3) is 0. The van der Waals surface area contributed by atoms with E-state index < -0.39 is 0 Å². The Balaban J connectivity index is 1.00. The molecule has 0 fully saturated rings. The minimum absolute atomic E-state index is 0.598. The largest absolute Gasteiger partial charge is 0.309 e. The first-order chi connectivity index (χ1) is 53.7. The average Bonchev–Trinajstić information content (AvgIpc) is 0.761. The molecule has 15 aromatic carbocycles. The van der Waals surface area contributed by atoms with Gasteiger partial charge < -0.3 is 13.7 Å². The first-order valence-corrected chi connectivity index (χ1v) is 36.9. The molecule has 0 amide bonds. The summed E-state index contributed by atoms with van der Waals surface area (Å²) in [5.41, 5.74) is 22.0. The lowest BCUT2D eigenvalue weighted by atomic mass is 10.0. The Kier molecular flexibility index (Phi) is 13.0. The molecule has 23 aromatic rings. The Bertz CT molecular complexity index is 7150. The van der Waals surface area contributed by atoms with Gasteiger partial charge in [0.25, 0.3) is 11.6 Å². The lowest BCUT2D eigenvalue weighted by molar-refractivity contribution is -0.708. The molecule has 8 heterocycles. The number of rotatable bonds is 10. The molecule has 0 saturated heterocycles. The highest BCUT2D eigenvalue weighted by molar-refractivity contribution is 6.17. The van der Waals surface area contributed by atoms with Crippen LogP contribution in [-0.2, 0) is 0 Å². The maximum Gasteiger partial charge on any atom is 0.282 e. The van der Waals surface area contributed by atoms with E-state index in [1.165, 1.54) is 16.3 Å². The fourth-order valence-corrected chi connectivity index (χ4v) is 17.9. The van der Waals surface area contributed by atoms with Gasteiger partial charge in [-0.1, -0.05) is 273 Å². The number of para-hydroxylation sites is 11. The molecular formula is C99H62N9+. The van der Waals surface area contributed by atoms with Gasteiger partial charge in [0.2, 0.25) is 0 Å². The van der Waals surface area contributed by atoms with Crippen molar-refractivity contribution in [1.82, 2.24) is 37.5 Å². The summed E-state index contributed by atoms with van der Waals surface area (Å²) < 4.78 is 17.9. The van der Waals surface area contributed by atoms with E-state index in [2.05, 4.69) is 408 Å². The average molecular weight is 1380 g/mol. The molecule has 9 heteroatoms. The summed E-state index contributed by atoms with van der Waals surface area (Å²) in [5, 5.41) is 13.6. The highest BCUT2D eigenvalue weighted by Crippen LogP contribution is 2.50. The van der Waals surface area contributed by atoms with Gasteiger partial charge in [-0.15, -0.1) is 4.68 Å². The van der Waals surface area contributed by atoms with Crippen molar-refractivity contribution in [3.63, 3.8) is 0 Å². The Morgan fingerprint density at radius 2 is 0.472 bits per heavy atom. The van der Waals surface area contributed by atoms with Gasteiger partial charge in [-0.05, 0) is 114 Å². The molecule has 108 heavy (non-hydrogen) atoms. The predicted molar refractivity (Wildman–Crippen MR) is 446 cm³/mol. The topological polar surface area (TPSA) is 59.2 Å². The van der Waals surface area contributed by atoms with E-state index in [4.69, 9.17) is 9.97 Å². The first kappa shape index (κ1) is 59.8. The first-order valence-electron chi connectivity index (χ1n) is 36.9. The molecule has 0 aliphatic rings. The number of aromatic nitrogens is 9.